The van der Waals surface area contributed by atoms with Crippen molar-refractivity contribution in [2.24, 2.45) is 0 Å². The van der Waals surface area contributed by atoms with Crippen LogP contribution in [0.15, 0.2) is 23.2 Å². The average molecular weight is 220 g/mol. The Hall–Kier alpha value is -0.0700. The van der Waals surface area contributed by atoms with Crippen molar-refractivity contribution in [1.29, 1.82) is 0 Å². The number of nitrogens with one attached hydrogen (secondary N) is 2. The van der Waals surface area contributed by atoms with Crippen molar-refractivity contribution in [3.8, 4) is 0 Å². The highest BCUT2D eigenvalue weighted by molar-refractivity contribution is 8.20. The van der Waals surface area contributed by atoms with Crippen LogP contribution in [0.25, 0.3) is 0 Å². The van der Waals surface area contributed by atoms with Crippen LogP contribution in [0.4, 0.5) is 0 Å². The van der Waals surface area contributed by atoms with Crippen molar-refractivity contribution < 1.29 is 4.21 Å². The molecular formula is C6H8N2OS3. The summed E-state index contributed by atoms with van der Waals surface area (Å²) in [6.07, 6.45) is 3.67. The largest absolute Gasteiger partial charge is 0.368 e. The maximum atomic E-state index is 11.7. The monoisotopic (exact) mass is 220 g/mol. The summed E-state index contributed by atoms with van der Waals surface area (Å²) >= 11 is 3.13. The third kappa shape index (κ3) is 1.65. The summed E-state index contributed by atoms with van der Waals surface area (Å²) in [5.41, 5.74) is 0. The van der Waals surface area contributed by atoms with Crippen LogP contribution in [0.2, 0.25) is 0 Å². The van der Waals surface area contributed by atoms with Gasteiger partial charge in [0.15, 0.2) is 9.41 Å². The van der Waals surface area contributed by atoms with E-state index in [-0.39, 0.29) is 9.41 Å². The Balaban J connectivity index is 1.91. The van der Waals surface area contributed by atoms with E-state index in [1.807, 2.05) is 23.2 Å². The van der Waals surface area contributed by atoms with Gasteiger partial charge < -0.3 is 10.6 Å². The Morgan fingerprint density at radius 2 is 1.58 bits per heavy atom. The third-order valence-corrected chi connectivity index (χ3v) is 5.70. The molecule has 0 aromatic heterocycles. The Labute approximate surface area is 81.9 Å². The molecule has 2 rings (SSSR count). The van der Waals surface area contributed by atoms with Gasteiger partial charge in [0.05, 0.1) is 10.8 Å². The molecule has 2 unspecified atom stereocenters. The maximum Gasteiger partial charge on any atom is 0.156 e. The van der Waals surface area contributed by atoms with Crippen LogP contribution in [-0.2, 0) is 10.8 Å². The number of thioether (sulfide) groups is 2. The molecule has 6 heteroatoms. The van der Waals surface area contributed by atoms with Crippen LogP contribution in [0.3, 0.4) is 0 Å². The fourth-order valence-corrected chi connectivity index (χ4v) is 4.59. The van der Waals surface area contributed by atoms with Crippen LogP contribution in [-0.4, -0.2) is 13.6 Å². The van der Waals surface area contributed by atoms with Crippen molar-refractivity contribution in [3.05, 3.63) is 23.2 Å². The summed E-state index contributed by atoms with van der Waals surface area (Å²) < 4.78 is 11.7. The first-order valence-electron chi connectivity index (χ1n) is 3.40. The van der Waals surface area contributed by atoms with Crippen molar-refractivity contribution in [2.75, 3.05) is 0 Å². The van der Waals surface area contributed by atoms with Gasteiger partial charge in [0, 0.05) is 12.4 Å². The summed E-state index contributed by atoms with van der Waals surface area (Å²) in [5.74, 6) is 0. The molecule has 0 aromatic rings. The molecule has 2 aliphatic heterocycles. The van der Waals surface area contributed by atoms with Gasteiger partial charge in [-0.1, -0.05) is 23.5 Å². The first kappa shape index (κ1) is 8.52. The van der Waals surface area contributed by atoms with E-state index in [1.165, 1.54) is 0 Å². The van der Waals surface area contributed by atoms with Crippen molar-refractivity contribution in [3.63, 3.8) is 0 Å². The van der Waals surface area contributed by atoms with E-state index in [4.69, 9.17) is 0 Å². The highest BCUT2D eigenvalue weighted by atomic mass is 32.3. The van der Waals surface area contributed by atoms with Gasteiger partial charge in [-0.15, -0.1) is 0 Å². The second kappa shape index (κ2) is 3.76. The van der Waals surface area contributed by atoms with Gasteiger partial charge in [0.25, 0.3) is 0 Å². The summed E-state index contributed by atoms with van der Waals surface area (Å²) in [7, 11) is -0.892. The van der Waals surface area contributed by atoms with Crippen LogP contribution >= 0.6 is 23.5 Å². The molecule has 0 saturated heterocycles. The molecule has 0 aliphatic carbocycles. The van der Waals surface area contributed by atoms with Crippen LogP contribution < -0.4 is 10.6 Å². The van der Waals surface area contributed by atoms with Crippen molar-refractivity contribution in [1.82, 2.24) is 10.6 Å². The van der Waals surface area contributed by atoms with E-state index in [9.17, 15) is 4.21 Å². The van der Waals surface area contributed by atoms with E-state index < -0.39 is 10.8 Å². The fraction of sp³-hybridized carbons (Fsp3) is 0.333. The first-order valence-corrected chi connectivity index (χ1v) is 6.56. The standard InChI is InChI=1S/C6H8N2OS3/c9-12(5-7-1-3-10-5)6-8-2-4-11-6/h1-8H. The molecule has 66 valence electrons. The minimum Gasteiger partial charge on any atom is -0.368 e. The van der Waals surface area contributed by atoms with E-state index >= 15 is 0 Å². The molecule has 2 atom stereocenters. The van der Waals surface area contributed by atoms with Crippen molar-refractivity contribution >= 4 is 34.3 Å². The summed E-state index contributed by atoms with van der Waals surface area (Å²) in [4.78, 5) is 0. The summed E-state index contributed by atoms with van der Waals surface area (Å²) in [5, 5.41) is 9.92. The lowest BCUT2D eigenvalue weighted by atomic mass is 11.0. The number of hydrogen-bond acceptors (Lipinski definition) is 5. The molecule has 2 aliphatic rings. The molecule has 12 heavy (non-hydrogen) atoms. The highest BCUT2D eigenvalue weighted by Crippen LogP contribution is 2.27. The highest BCUT2D eigenvalue weighted by Gasteiger charge is 2.27. The Kier molecular flexibility index (Phi) is 2.67. The Morgan fingerprint density at radius 1 is 1.08 bits per heavy atom. The van der Waals surface area contributed by atoms with Crippen LogP contribution in [0.5, 0.6) is 0 Å². The van der Waals surface area contributed by atoms with Crippen LogP contribution in [0, 0.1) is 0 Å². The van der Waals surface area contributed by atoms with Crippen LogP contribution in [0.1, 0.15) is 0 Å². The van der Waals surface area contributed by atoms with Gasteiger partial charge >= 0.3 is 0 Å². The zero-order chi connectivity index (χ0) is 8.39. The van der Waals surface area contributed by atoms with Gasteiger partial charge in [0.2, 0.25) is 0 Å². The minimum absolute atomic E-state index is 0.00917. The second-order valence-corrected chi connectivity index (χ2v) is 6.43. The lowest BCUT2D eigenvalue weighted by Crippen LogP contribution is -2.33. The molecule has 0 radical (unpaired) electrons. The molecule has 0 saturated carbocycles. The summed E-state index contributed by atoms with van der Waals surface area (Å²) in [6.45, 7) is 0. The molecule has 0 fully saturated rings. The van der Waals surface area contributed by atoms with Gasteiger partial charge in [-0.05, 0) is 10.8 Å². The Bertz CT molecular complexity index is 213. The predicted octanol–water partition coefficient (Wildman–Crippen LogP) is 0.918. The molecule has 0 aromatic carbocycles. The van der Waals surface area contributed by atoms with Gasteiger partial charge in [-0.3, -0.25) is 4.21 Å². The zero-order valence-electron chi connectivity index (χ0n) is 6.10. The zero-order valence-corrected chi connectivity index (χ0v) is 8.55. The van der Waals surface area contributed by atoms with E-state index in [0.717, 1.165) is 0 Å². The normalized spacial score (nSPS) is 34.7. The van der Waals surface area contributed by atoms with Gasteiger partial charge in [-0.2, -0.15) is 0 Å². The van der Waals surface area contributed by atoms with E-state index in [2.05, 4.69) is 10.6 Å². The lowest BCUT2D eigenvalue weighted by Gasteiger charge is -2.15. The second-order valence-electron chi connectivity index (χ2n) is 2.20. The summed E-state index contributed by atoms with van der Waals surface area (Å²) in [6, 6.07) is 0. The smallest absolute Gasteiger partial charge is 0.156 e. The molecule has 0 amide bonds. The molecule has 0 bridgehead atoms. The SMILES string of the molecule is O=S(C1NC=CS1)C1NC=CS1. The number of rotatable bonds is 2. The van der Waals surface area contributed by atoms with E-state index in [1.54, 1.807) is 23.5 Å². The predicted molar refractivity (Wildman–Crippen MR) is 55.5 cm³/mol. The number of hydrogen-bond donors (Lipinski definition) is 2. The minimum atomic E-state index is -0.892. The van der Waals surface area contributed by atoms with E-state index in [0.29, 0.717) is 0 Å². The van der Waals surface area contributed by atoms with Gasteiger partial charge in [-0.25, -0.2) is 0 Å². The molecule has 0 spiro atoms. The van der Waals surface area contributed by atoms with Gasteiger partial charge in [0.1, 0.15) is 0 Å². The lowest BCUT2D eigenvalue weighted by molar-refractivity contribution is 0.673. The molecular weight excluding hydrogens is 212 g/mol. The fourth-order valence-electron chi connectivity index (χ4n) is 0.891. The molecule has 2 heterocycles. The third-order valence-electron chi connectivity index (χ3n) is 1.43. The topological polar surface area (TPSA) is 41.1 Å². The maximum absolute atomic E-state index is 11.7. The first-order chi connectivity index (χ1) is 5.88. The average Bonchev–Trinajstić information content (AvgIpc) is 2.77. The Morgan fingerprint density at radius 3 is 1.92 bits per heavy atom. The molecule has 2 N–H and O–H groups in total. The van der Waals surface area contributed by atoms with Crippen molar-refractivity contribution in [2.45, 2.75) is 9.41 Å². The quantitative estimate of drug-likeness (QED) is 0.724. The molecule has 3 nitrogen and oxygen atoms in total.